The summed E-state index contributed by atoms with van der Waals surface area (Å²) in [6, 6.07) is 45.8. The summed E-state index contributed by atoms with van der Waals surface area (Å²) in [7, 11) is -4.12. The first kappa shape index (κ1) is 55.6. The van der Waals surface area contributed by atoms with Crippen molar-refractivity contribution >= 4 is 29.0 Å². The van der Waals surface area contributed by atoms with Gasteiger partial charge in [-0.25, -0.2) is 0 Å². The summed E-state index contributed by atoms with van der Waals surface area (Å²) in [6.45, 7) is 39.9. The first-order chi connectivity index (χ1) is 33.1. The average molecular weight is 1020 g/mol. The van der Waals surface area contributed by atoms with Crippen LogP contribution in [-0.2, 0) is 32.5 Å². The van der Waals surface area contributed by atoms with Crippen LogP contribution in [0.1, 0.15) is 171 Å². The van der Waals surface area contributed by atoms with Gasteiger partial charge < -0.3 is 27.1 Å². The molecule has 9 heteroatoms. The van der Waals surface area contributed by atoms with E-state index in [4.69, 9.17) is 27.1 Å². The SMILES string of the molecule is CCC(C)(C)c1ccc(OP(Oc2ccccc2C(C)(C)C)Oc2ccccc2C(C)(C)C)c(Sc2cc(C(C)(C)CC)ccc2OP(Oc2ccccc2C(C)(C)C)Oc2ccccc2C(C)(C)C)c1. The third-order valence-electron chi connectivity index (χ3n) is 13.3. The average Bonchev–Trinajstić information content (AvgIpc) is 3.29. The Labute approximate surface area is 435 Å². The molecule has 0 aliphatic heterocycles. The lowest BCUT2D eigenvalue weighted by Gasteiger charge is -2.29. The lowest BCUT2D eigenvalue weighted by Crippen LogP contribution is -2.16. The van der Waals surface area contributed by atoms with Gasteiger partial charge in [-0.1, -0.05) is 221 Å². The van der Waals surface area contributed by atoms with Crippen molar-refractivity contribution in [3.8, 4) is 34.5 Å². The molecule has 6 nitrogen and oxygen atoms in total. The molecule has 0 N–H and O–H groups in total. The fraction of sp³-hybridized carbons (Fsp3) is 0.419. The van der Waals surface area contributed by atoms with Gasteiger partial charge in [0.2, 0.25) is 0 Å². The third-order valence-corrected chi connectivity index (χ3v) is 16.4. The van der Waals surface area contributed by atoms with Crippen molar-refractivity contribution in [2.75, 3.05) is 0 Å². The molecule has 0 atom stereocenters. The Kier molecular flexibility index (Phi) is 17.4. The number of rotatable bonds is 18. The molecule has 0 bridgehead atoms. The van der Waals surface area contributed by atoms with E-state index in [1.54, 1.807) is 11.8 Å². The summed E-state index contributed by atoms with van der Waals surface area (Å²) in [5.41, 5.74) is 5.61. The molecule has 380 valence electrons. The van der Waals surface area contributed by atoms with Crippen molar-refractivity contribution < 1.29 is 27.1 Å². The Morgan fingerprint density at radius 1 is 0.324 bits per heavy atom. The fourth-order valence-electron chi connectivity index (χ4n) is 7.95. The minimum absolute atomic E-state index is 0.120. The van der Waals surface area contributed by atoms with Crippen molar-refractivity contribution in [3.63, 3.8) is 0 Å². The Morgan fingerprint density at radius 3 is 0.803 bits per heavy atom. The molecule has 0 fully saturated rings. The van der Waals surface area contributed by atoms with E-state index < -0.39 is 17.2 Å². The number of hydrogen-bond donors (Lipinski definition) is 0. The van der Waals surface area contributed by atoms with E-state index in [2.05, 4.69) is 210 Å². The summed E-state index contributed by atoms with van der Waals surface area (Å²) < 4.78 is 42.2. The Morgan fingerprint density at radius 2 is 0.563 bits per heavy atom. The molecule has 0 saturated heterocycles. The van der Waals surface area contributed by atoms with Gasteiger partial charge in [0, 0.05) is 22.3 Å². The van der Waals surface area contributed by atoms with E-state index >= 15 is 0 Å². The van der Waals surface area contributed by atoms with Crippen LogP contribution in [0.25, 0.3) is 0 Å². The highest BCUT2D eigenvalue weighted by atomic mass is 32.2. The van der Waals surface area contributed by atoms with Crippen LogP contribution in [-0.4, -0.2) is 0 Å². The van der Waals surface area contributed by atoms with E-state index in [0.29, 0.717) is 11.5 Å². The first-order valence-electron chi connectivity index (χ1n) is 25.1. The quantitative estimate of drug-likeness (QED) is 0.0795. The Balaban J connectivity index is 1.52. The van der Waals surface area contributed by atoms with Gasteiger partial charge in [-0.2, -0.15) is 0 Å². The maximum Gasteiger partial charge on any atom is 0.530 e. The summed E-state index contributed by atoms with van der Waals surface area (Å²) in [5.74, 6) is 4.15. The minimum Gasteiger partial charge on any atom is -0.408 e. The smallest absolute Gasteiger partial charge is 0.408 e. The van der Waals surface area contributed by atoms with Crippen molar-refractivity contribution in [2.24, 2.45) is 0 Å². The molecule has 0 unspecified atom stereocenters. The highest BCUT2D eigenvalue weighted by Crippen LogP contribution is 2.54. The highest BCUT2D eigenvalue weighted by molar-refractivity contribution is 7.99. The molecular formula is C62H80O6P2S. The standard InChI is InChI=1S/C62H80O6P2S/c1-19-61(15,16)43-37-39-53(67-69(63-49-33-25-21-29-45(49)57(3,4)5)64-50-34-26-22-30-46(50)58(6,7)8)55(41-43)71-56-42-44(62(17,18)20-2)38-40-54(56)68-70(65-51-35-27-23-31-47(51)59(9,10)11)66-52-36-28-24-32-48(52)60(12,13)14/h21-42H,19-20H2,1-18H3. The molecule has 0 amide bonds. The van der Waals surface area contributed by atoms with Crippen molar-refractivity contribution in [1.29, 1.82) is 0 Å². The van der Waals surface area contributed by atoms with Crippen molar-refractivity contribution in [3.05, 3.63) is 167 Å². The van der Waals surface area contributed by atoms with Crippen LogP contribution >= 0.6 is 29.0 Å². The molecule has 71 heavy (non-hydrogen) atoms. The van der Waals surface area contributed by atoms with E-state index in [1.807, 2.05) is 48.5 Å². The second-order valence-corrected chi connectivity index (χ2v) is 27.0. The van der Waals surface area contributed by atoms with Crippen LogP contribution in [0.5, 0.6) is 34.5 Å². The first-order valence-corrected chi connectivity index (χ1v) is 28.1. The number of benzene rings is 6. The zero-order valence-corrected chi connectivity index (χ0v) is 48.5. The van der Waals surface area contributed by atoms with Crippen LogP contribution in [0.15, 0.2) is 143 Å². The minimum atomic E-state index is -2.06. The molecule has 0 saturated carbocycles. The molecule has 0 aliphatic carbocycles. The van der Waals surface area contributed by atoms with E-state index in [-0.39, 0.29) is 32.5 Å². The van der Waals surface area contributed by atoms with Crippen LogP contribution in [0.2, 0.25) is 0 Å². The lowest BCUT2D eigenvalue weighted by molar-refractivity contribution is 0.373. The Hall–Kier alpha value is -4.67. The predicted octanol–water partition coefficient (Wildman–Crippen LogP) is 19.9. The molecule has 6 rings (SSSR count). The van der Waals surface area contributed by atoms with Crippen molar-refractivity contribution in [1.82, 2.24) is 0 Å². The summed E-state index contributed by atoms with van der Waals surface area (Å²) >= 11 is 1.61. The van der Waals surface area contributed by atoms with Gasteiger partial charge in [0.15, 0.2) is 0 Å². The van der Waals surface area contributed by atoms with Crippen LogP contribution in [0.4, 0.5) is 0 Å². The van der Waals surface area contributed by atoms with E-state index in [9.17, 15) is 0 Å². The molecular weight excluding hydrogens is 935 g/mol. The monoisotopic (exact) mass is 1010 g/mol. The van der Waals surface area contributed by atoms with Crippen molar-refractivity contribution in [2.45, 2.75) is 180 Å². The van der Waals surface area contributed by atoms with Gasteiger partial charge in [0.1, 0.15) is 34.5 Å². The second-order valence-electron chi connectivity index (χ2n) is 23.9. The molecule has 6 aromatic carbocycles. The summed E-state index contributed by atoms with van der Waals surface area (Å²) in [6.07, 6.45) is 1.89. The maximum absolute atomic E-state index is 7.16. The third kappa shape index (κ3) is 14.3. The molecule has 0 heterocycles. The number of para-hydroxylation sites is 4. The van der Waals surface area contributed by atoms with Gasteiger partial charge in [-0.05, 0) is 105 Å². The Bertz CT molecular complexity index is 2430. The van der Waals surface area contributed by atoms with Crippen LogP contribution < -0.4 is 27.1 Å². The number of hydrogen-bond acceptors (Lipinski definition) is 7. The molecule has 0 radical (unpaired) electrons. The van der Waals surface area contributed by atoms with Gasteiger partial charge >= 0.3 is 17.2 Å². The predicted molar refractivity (Wildman–Crippen MR) is 302 cm³/mol. The molecule has 0 spiro atoms. The van der Waals surface area contributed by atoms with Gasteiger partial charge in [0.25, 0.3) is 0 Å². The highest BCUT2D eigenvalue weighted by Gasteiger charge is 2.33. The summed E-state index contributed by atoms with van der Waals surface area (Å²) in [4.78, 5) is 1.80. The molecule has 0 aliphatic rings. The topological polar surface area (TPSA) is 55.4 Å². The van der Waals surface area contributed by atoms with E-state index in [0.717, 1.165) is 67.9 Å². The maximum atomic E-state index is 7.16. The largest absolute Gasteiger partial charge is 0.530 e. The summed E-state index contributed by atoms with van der Waals surface area (Å²) in [5, 5.41) is 0. The second kappa shape index (κ2) is 22.2. The lowest BCUT2D eigenvalue weighted by atomic mass is 9.82. The molecule has 0 aromatic heterocycles. The zero-order chi connectivity index (χ0) is 52.2. The van der Waals surface area contributed by atoms with Gasteiger partial charge in [0.05, 0.1) is 9.79 Å². The zero-order valence-electron chi connectivity index (χ0n) is 45.9. The van der Waals surface area contributed by atoms with E-state index in [1.165, 1.54) is 11.1 Å². The fourth-order valence-corrected chi connectivity index (χ4v) is 11.2. The van der Waals surface area contributed by atoms with Gasteiger partial charge in [-0.15, -0.1) is 0 Å². The normalized spacial score (nSPS) is 12.8. The van der Waals surface area contributed by atoms with Gasteiger partial charge in [-0.3, -0.25) is 0 Å². The van der Waals surface area contributed by atoms with Crippen LogP contribution in [0, 0.1) is 0 Å². The van der Waals surface area contributed by atoms with Crippen LogP contribution in [0.3, 0.4) is 0 Å². The molecule has 6 aromatic rings.